The van der Waals surface area contributed by atoms with E-state index in [-0.39, 0.29) is 22.4 Å². The Balaban J connectivity index is 1.46. The first-order valence-electron chi connectivity index (χ1n) is 11.4. The zero-order valence-corrected chi connectivity index (χ0v) is 22.8. The summed E-state index contributed by atoms with van der Waals surface area (Å²) < 4.78 is 6.99. The number of rotatable bonds is 10. The average Bonchev–Trinajstić information content (AvgIpc) is 3.32. The number of phenolic OH excluding ortho intramolecular Hbond substituents is 1. The van der Waals surface area contributed by atoms with Crippen LogP contribution in [0.25, 0.3) is 5.69 Å². The van der Waals surface area contributed by atoms with Gasteiger partial charge in [-0.3, -0.25) is 9.36 Å². The summed E-state index contributed by atoms with van der Waals surface area (Å²) in [5, 5.41) is 26.7. The fourth-order valence-corrected chi connectivity index (χ4v) is 4.60. The third-order valence-electron chi connectivity index (χ3n) is 5.32. The van der Waals surface area contributed by atoms with Gasteiger partial charge in [0.05, 0.1) is 30.1 Å². The van der Waals surface area contributed by atoms with Gasteiger partial charge in [-0.05, 0) is 61.0 Å². The van der Waals surface area contributed by atoms with Gasteiger partial charge in [-0.25, -0.2) is 5.43 Å². The van der Waals surface area contributed by atoms with Crippen LogP contribution in [-0.4, -0.2) is 44.4 Å². The van der Waals surface area contributed by atoms with Gasteiger partial charge in [-0.2, -0.15) is 5.10 Å². The molecule has 0 unspecified atom stereocenters. The van der Waals surface area contributed by atoms with E-state index in [1.54, 1.807) is 13.0 Å². The highest BCUT2D eigenvalue weighted by atomic mass is 35.5. The molecular formula is C26H24Cl2N6O3S. The molecule has 1 atom stereocenters. The van der Waals surface area contributed by atoms with Gasteiger partial charge in [0.15, 0.2) is 22.5 Å². The van der Waals surface area contributed by atoms with E-state index in [4.69, 9.17) is 27.9 Å². The number of methoxy groups -OCH3 is 1. The molecule has 1 amide bonds. The first-order valence-corrected chi connectivity index (χ1v) is 13.0. The third-order valence-corrected chi connectivity index (χ3v) is 6.90. The van der Waals surface area contributed by atoms with Gasteiger partial charge in [0.1, 0.15) is 0 Å². The van der Waals surface area contributed by atoms with Crippen molar-refractivity contribution in [2.45, 2.75) is 23.9 Å². The van der Waals surface area contributed by atoms with Crippen LogP contribution in [0.5, 0.6) is 11.5 Å². The van der Waals surface area contributed by atoms with Crippen molar-refractivity contribution in [2.24, 2.45) is 5.10 Å². The van der Waals surface area contributed by atoms with Gasteiger partial charge < -0.3 is 15.2 Å². The fourth-order valence-electron chi connectivity index (χ4n) is 3.37. The molecule has 38 heavy (non-hydrogen) atoms. The van der Waals surface area contributed by atoms with Gasteiger partial charge in [0.25, 0.3) is 5.91 Å². The Labute approximate surface area is 233 Å². The summed E-state index contributed by atoms with van der Waals surface area (Å²) in [4.78, 5) is 12.8. The fraction of sp³-hybridized carbons (Fsp3) is 0.154. The van der Waals surface area contributed by atoms with E-state index >= 15 is 0 Å². The molecule has 4 aromatic rings. The molecule has 4 rings (SSSR count). The number of carbonyl (C=O) groups excluding carboxylic acids is 1. The van der Waals surface area contributed by atoms with Crippen LogP contribution in [-0.2, 0) is 11.3 Å². The second kappa shape index (κ2) is 12.7. The molecular weight excluding hydrogens is 547 g/mol. The first kappa shape index (κ1) is 27.3. The number of hydrogen-bond donors (Lipinski definition) is 3. The number of amides is 1. The maximum Gasteiger partial charge on any atom is 0.253 e. The summed E-state index contributed by atoms with van der Waals surface area (Å²) in [6, 6.07) is 20.1. The third kappa shape index (κ3) is 6.77. The summed E-state index contributed by atoms with van der Waals surface area (Å²) in [5.74, 6) is 0.394. The van der Waals surface area contributed by atoms with Crippen LogP contribution < -0.4 is 15.5 Å². The number of aromatic nitrogens is 3. The SMILES string of the molecule is COc1cc(/C=N\NC(=O)[C@@H](C)Sc2nnc(CNc3ccc(Cl)cc3)n2-c2ccccc2)cc(Cl)c1O. The van der Waals surface area contributed by atoms with Crippen LogP contribution in [0.1, 0.15) is 18.3 Å². The molecule has 0 radical (unpaired) electrons. The summed E-state index contributed by atoms with van der Waals surface area (Å²) in [6.45, 7) is 2.17. The van der Waals surface area contributed by atoms with E-state index < -0.39 is 5.25 Å². The van der Waals surface area contributed by atoms with Crippen molar-refractivity contribution in [3.8, 4) is 17.2 Å². The smallest absolute Gasteiger partial charge is 0.253 e. The minimum Gasteiger partial charge on any atom is -0.503 e. The number of ether oxygens (including phenoxy) is 1. The highest BCUT2D eigenvalue weighted by Gasteiger charge is 2.21. The topological polar surface area (TPSA) is 114 Å². The zero-order valence-electron chi connectivity index (χ0n) is 20.4. The molecule has 12 heteroatoms. The normalized spacial score (nSPS) is 11.9. The number of halogens is 2. The molecule has 1 aromatic heterocycles. The van der Waals surface area contributed by atoms with Gasteiger partial charge in [-0.1, -0.05) is 53.2 Å². The summed E-state index contributed by atoms with van der Waals surface area (Å²) in [6.07, 6.45) is 1.41. The Kier molecular flexibility index (Phi) is 9.11. The van der Waals surface area contributed by atoms with E-state index in [9.17, 15) is 9.90 Å². The highest BCUT2D eigenvalue weighted by Crippen LogP contribution is 2.34. The lowest BCUT2D eigenvalue weighted by molar-refractivity contribution is -0.120. The number of para-hydroxylation sites is 1. The van der Waals surface area contributed by atoms with E-state index in [0.29, 0.717) is 28.1 Å². The minimum absolute atomic E-state index is 0.114. The van der Waals surface area contributed by atoms with Crippen LogP contribution in [0.15, 0.2) is 77.0 Å². The summed E-state index contributed by atoms with van der Waals surface area (Å²) in [7, 11) is 1.42. The molecule has 0 bridgehead atoms. The van der Waals surface area contributed by atoms with Crippen LogP contribution in [0.2, 0.25) is 10.0 Å². The number of nitrogens with zero attached hydrogens (tertiary/aromatic N) is 4. The van der Waals surface area contributed by atoms with Crippen molar-refractivity contribution >= 4 is 52.8 Å². The maximum atomic E-state index is 12.8. The number of anilines is 1. The van der Waals surface area contributed by atoms with Crippen molar-refractivity contribution in [2.75, 3.05) is 12.4 Å². The van der Waals surface area contributed by atoms with Crippen LogP contribution in [0, 0.1) is 0 Å². The molecule has 0 aliphatic rings. The monoisotopic (exact) mass is 570 g/mol. The number of hydrazone groups is 1. The first-order chi connectivity index (χ1) is 18.4. The summed E-state index contributed by atoms with van der Waals surface area (Å²) in [5.41, 5.74) is 4.84. The van der Waals surface area contributed by atoms with Crippen LogP contribution in [0.4, 0.5) is 5.69 Å². The Morgan fingerprint density at radius 1 is 1.16 bits per heavy atom. The highest BCUT2D eigenvalue weighted by molar-refractivity contribution is 8.00. The number of carbonyl (C=O) groups is 1. The number of nitrogens with one attached hydrogen (secondary N) is 2. The largest absolute Gasteiger partial charge is 0.503 e. The Morgan fingerprint density at radius 3 is 2.61 bits per heavy atom. The minimum atomic E-state index is -0.533. The quantitative estimate of drug-likeness (QED) is 0.130. The number of aromatic hydroxyl groups is 1. The molecule has 9 nitrogen and oxygen atoms in total. The molecule has 0 saturated heterocycles. The van der Waals surface area contributed by atoms with Crippen LogP contribution >= 0.6 is 35.0 Å². The molecule has 196 valence electrons. The molecule has 3 aromatic carbocycles. The van der Waals surface area contributed by atoms with Gasteiger partial charge in [0.2, 0.25) is 0 Å². The van der Waals surface area contributed by atoms with Gasteiger partial charge in [-0.15, -0.1) is 10.2 Å². The molecule has 0 spiro atoms. The maximum absolute atomic E-state index is 12.8. The van der Waals surface area contributed by atoms with Crippen molar-refractivity contribution in [1.29, 1.82) is 0 Å². The number of phenols is 1. The van der Waals surface area contributed by atoms with E-state index in [1.807, 2.05) is 59.2 Å². The van der Waals surface area contributed by atoms with Gasteiger partial charge in [0, 0.05) is 16.4 Å². The molecule has 0 aliphatic heterocycles. The van der Waals surface area contributed by atoms with E-state index in [2.05, 4.69) is 26.0 Å². The van der Waals surface area contributed by atoms with Crippen molar-refractivity contribution in [1.82, 2.24) is 20.2 Å². The van der Waals surface area contributed by atoms with Crippen molar-refractivity contribution in [3.63, 3.8) is 0 Å². The molecule has 1 heterocycles. The van der Waals surface area contributed by atoms with Gasteiger partial charge >= 0.3 is 0 Å². The standard InChI is InChI=1S/C26H24Cl2N6O3S/c1-16(25(36)32-30-14-17-12-21(28)24(35)22(13-17)37-2)38-26-33-31-23(34(26)20-6-4-3-5-7-20)15-29-19-10-8-18(27)9-11-19/h3-14,16,29,35H,15H2,1-2H3,(H,32,36)/b30-14-/t16-/m1/s1. The van der Waals surface area contributed by atoms with E-state index in [1.165, 1.54) is 31.2 Å². The number of thioether (sulfide) groups is 1. The summed E-state index contributed by atoms with van der Waals surface area (Å²) >= 11 is 13.2. The predicted octanol–water partition coefficient (Wildman–Crippen LogP) is 5.53. The Hall–Kier alpha value is -3.73. The second-order valence-corrected chi connectivity index (χ2v) is 10.1. The number of hydrogen-bond acceptors (Lipinski definition) is 8. The zero-order chi connectivity index (χ0) is 27.1. The number of benzene rings is 3. The lowest BCUT2D eigenvalue weighted by Crippen LogP contribution is -2.27. The lowest BCUT2D eigenvalue weighted by atomic mass is 10.2. The average molecular weight is 571 g/mol. The van der Waals surface area contributed by atoms with Crippen molar-refractivity contribution in [3.05, 3.63) is 88.2 Å². The van der Waals surface area contributed by atoms with Crippen molar-refractivity contribution < 1.29 is 14.6 Å². The predicted molar refractivity (Wildman–Crippen MR) is 151 cm³/mol. The molecule has 0 fully saturated rings. The molecule has 3 N–H and O–H groups in total. The van der Waals surface area contributed by atoms with E-state index in [0.717, 1.165) is 11.4 Å². The lowest BCUT2D eigenvalue weighted by Gasteiger charge is -2.13. The molecule has 0 saturated carbocycles. The Morgan fingerprint density at radius 2 is 1.89 bits per heavy atom. The second-order valence-electron chi connectivity index (χ2n) is 7.98. The van der Waals surface area contributed by atoms with Crippen LogP contribution in [0.3, 0.4) is 0 Å². The Bertz CT molecular complexity index is 1430. The molecule has 0 aliphatic carbocycles.